The molecule has 0 atom stereocenters. The minimum absolute atomic E-state index is 0.149. The van der Waals surface area contributed by atoms with Crippen molar-refractivity contribution in [2.75, 3.05) is 5.32 Å². The molecule has 0 unspecified atom stereocenters. The molecule has 7 nitrogen and oxygen atoms in total. The van der Waals surface area contributed by atoms with E-state index in [1.54, 1.807) is 17.9 Å². The van der Waals surface area contributed by atoms with E-state index < -0.39 is 5.91 Å². The molecule has 1 amide bonds. The summed E-state index contributed by atoms with van der Waals surface area (Å²) in [5.41, 5.74) is 1.29. The molecule has 0 aliphatic heterocycles. The summed E-state index contributed by atoms with van der Waals surface area (Å²) < 4.78 is 7.06. The van der Waals surface area contributed by atoms with E-state index in [1.165, 1.54) is 18.5 Å². The van der Waals surface area contributed by atoms with Gasteiger partial charge < -0.3 is 15.0 Å². The van der Waals surface area contributed by atoms with Crippen molar-refractivity contribution in [3.8, 4) is 5.75 Å². The Morgan fingerprint density at radius 1 is 1.33 bits per heavy atom. The van der Waals surface area contributed by atoms with Crippen LogP contribution in [0.4, 0.5) is 5.69 Å². The van der Waals surface area contributed by atoms with Gasteiger partial charge in [-0.15, -0.1) is 0 Å². The Bertz CT molecular complexity index is 899. The third-order valence-electron chi connectivity index (χ3n) is 3.32. The molecular weight excluding hydrogens is 308 g/mol. The lowest BCUT2D eigenvalue weighted by Gasteiger charge is -2.07. The number of nitrogens with one attached hydrogen (secondary N) is 2. The molecule has 0 fully saturated rings. The largest absolute Gasteiger partial charge is 0.483 e. The molecule has 0 aliphatic rings. The van der Waals surface area contributed by atoms with Crippen molar-refractivity contribution < 1.29 is 9.53 Å². The number of benzene rings is 1. The number of rotatable bonds is 5. The van der Waals surface area contributed by atoms with Crippen LogP contribution in [0.3, 0.4) is 0 Å². The Hall–Kier alpha value is -3.35. The number of amides is 1. The molecule has 0 radical (unpaired) electrons. The number of carbonyl (C=O) groups is 1. The number of anilines is 1. The van der Waals surface area contributed by atoms with Crippen molar-refractivity contribution in [2.24, 2.45) is 7.05 Å². The predicted molar refractivity (Wildman–Crippen MR) is 89.0 cm³/mol. The van der Waals surface area contributed by atoms with Crippen LogP contribution >= 0.6 is 0 Å². The lowest BCUT2D eigenvalue weighted by Crippen LogP contribution is -2.17. The van der Waals surface area contributed by atoms with Crippen molar-refractivity contribution in [3.05, 3.63) is 76.5 Å². The second kappa shape index (κ2) is 6.82. The lowest BCUT2D eigenvalue weighted by molar-refractivity contribution is 0.102. The highest BCUT2D eigenvalue weighted by atomic mass is 16.5. The molecule has 24 heavy (non-hydrogen) atoms. The smallest absolute Gasteiger partial charge is 0.272 e. The van der Waals surface area contributed by atoms with Crippen molar-refractivity contribution in [2.45, 2.75) is 6.61 Å². The lowest BCUT2D eigenvalue weighted by atomic mass is 10.2. The van der Waals surface area contributed by atoms with Gasteiger partial charge in [0.1, 0.15) is 12.3 Å². The Morgan fingerprint density at radius 3 is 2.79 bits per heavy atom. The van der Waals surface area contributed by atoms with Crippen LogP contribution in [0, 0.1) is 0 Å². The fourth-order valence-corrected chi connectivity index (χ4v) is 2.12. The molecule has 7 heteroatoms. The van der Waals surface area contributed by atoms with E-state index in [9.17, 15) is 9.59 Å². The fraction of sp³-hybridized carbons (Fsp3) is 0.118. The number of carbonyl (C=O) groups excluding carboxylic acids is 1. The first-order valence-electron chi connectivity index (χ1n) is 7.31. The molecule has 0 spiro atoms. The zero-order chi connectivity index (χ0) is 16.9. The maximum Gasteiger partial charge on any atom is 0.272 e. The highest BCUT2D eigenvalue weighted by Gasteiger charge is 2.11. The van der Waals surface area contributed by atoms with Crippen LogP contribution in [0.5, 0.6) is 5.75 Å². The first kappa shape index (κ1) is 15.5. The van der Waals surface area contributed by atoms with Gasteiger partial charge in [0.05, 0.1) is 11.9 Å². The summed E-state index contributed by atoms with van der Waals surface area (Å²) in [7, 11) is 1.75. The molecule has 2 N–H and O–H groups in total. The van der Waals surface area contributed by atoms with Gasteiger partial charge in [-0.2, -0.15) is 5.10 Å². The van der Waals surface area contributed by atoms with Gasteiger partial charge in [-0.1, -0.05) is 30.3 Å². The SMILES string of the molecule is Cn1cc(NC(=O)c2cc(=O)c(OCc3ccccc3)c[nH]2)cn1. The number of hydrogen-bond acceptors (Lipinski definition) is 4. The summed E-state index contributed by atoms with van der Waals surface area (Å²) in [6.45, 7) is 0.283. The third-order valence-corrected chi connectivity index (χ3v) is 3.32. The van der Waals surface area contributed by atoms with Crippen molar-refractivity contribution in [1.29, 1.82) is 0 Å². The second-order valence-corrected chi connectivity index (χ2v) is 5.21. The molecule has 0 bridgehead atoms. The molecule has 0 saturated heterocycles. The van der Waals surface area contributed by atoms with Crippen LogP contribution in [0.2, 0.25) is 0 Å². The van der Waals surface area contributed by atoms with Crippen LogP contribution in [-0.2, 0) is 13.7 Å². The summed E-state index contributed by atoms with van der Waals surface area (Å²) in [6, 6.07) is 10.7. The van der Waals surface area contributed by atoms with Crippen LogP contribution < -0.4 is 15.5 Å². The van der Waals surface area contributed by atoms with Crippen molar-refractivity contribution in [3.63, 3.8) is 0 Å². The molecule has 3 rings (SSSR count). The van der Waals surface area contributed by atoms with E-state index >= 15 is 0 Å². The summed E-state index contributed by atoms with van der Waals surface area (Å²) >= 11 is 0. The van der Waals surface area contributed by atoms with E-state index in [2.05, 4.69) is 15.4 Å². The van der Waals surface area contributed by atoms with E-state index in [0.29, 0.717) is 5.69 Å². The average Bonchev–Trinajstić information content (AvgIpc) is 2.99. The average molecular weight is 324 g/mol. The minimum atomic E-state index is -0.422. The number of aryl methyl sites for hydroxylation is 1. The highest BCUT2D eigenvalue weighted by Crippen LogP contribution is 2.09. The Labute approximate surface area is 137 Å². The predicted octanol–water partition coefficient (Wildman–Crippen LogP) is 1.94. The topological polar surface area (TPSA) is 89.0 Å². The third kappa shape index (κ3) is 3.70. The van der Waals surface area contributed by atoms with Gasteiger partial charge in [0, 0.05) is 25.5 Å². The number of pyridine rings is 1. The zero-order valence-electron chi connectivity index (χ0n) is 13.0. The summed E-state index contributed by atoms with van der Waals surface area (Å²) in [4.78, 5) is 27.0. The summed E-state index contributed by atoms with van der Waals surface area (Å²) in [6.07, 6.45) is 4.57. The minimum Gasteiger partial charge on any atom is -0.483 e. The number of aromatic nitrogens is 3. The first-order valence-corrected chi connectivity index (χ1v) is 7.31. The second-order valence-electron chi connectivity index (χ2n) is 5.21. The van der Waals surface area contributed by atoms with Crippen molar-refractivity contribution >= 4 is 11.6 Å². The molecule has 0 saturated carbocycles. The fourth-order valence-electron chi connectivity index (χ4n) is 2.12. The van der Waals surface area contributed by atoms with E-state index in [-0.39, 0.29) is 23.5 Å². The molecule has 2 heterocycles. The molecule has 2 aromatic heterocycles. The molecular formula is C17H16N4O3. The van der Waals surface area contributed by atoms with Gasteiger partial charge in [-0.05, 0) is 5.56 Å². The Balaban J connectivity index is 1.67. The monoisotopic (exact) mass is 324 g/mol. The van der Waals surface area contributed by atoms with Gasteiger partial charge >= 0.3 is 0 Å². The molecule has 0 aliphatic carbocycles. The van der Waals surface area contributed by atoms with Crippen LogP contribution in [0.15, 0.2) is 59.8 Å². The van der Waals surface area contributed by atoms with Crippen LogP contribution in [-0.4, -0.2) is 20.7 Å². The van der Waals surface area contributed by atoms with Gasteiger partial charge in [-0.25, -0.2) is 0 Å². The van der Waals surface area contributed by atoms with Crippen LogP contribution in [0.1, 0.15) is 16.1 Å². The van der Waals surface area contributed by atoms with Gasteiger partial charge in [-0.3, -0.25) is 14.3 Å². The molecule has 1 aromatic carbocycles. The van der Waals surface area contributed by atoms with E-state index in [4.69, 9.17) is 4.74 Å². The highest BCUT2D eigenvalue weighted by molar-refractivity contribution is 6.02. The number of hydrogen-bond donors (Lipinski definition) is 2. The quantitative estimate of drug-likeness (QED) is 0.750. The molecule has 122 valence electrons. The van der Waals surface area contributed by atoms with Gasteiger partial charge in [0.2, 0.25) is 5.43 Å². The van der Waals surface area contributed by atoms with Gasteiger partial charge in [0.25, 0.3) is 5.91 Å². The van der Waals surface area contributed by atoms with E-state index in [0.717, 1.165) is 5.56 Å². The Kier molecular flexibility index (Phi) is 4.42. The standard InChI is InChI=1S/C17H16N4O3/c1-21-10-13(8-19-21)20-17(23)14-7-15(22)16(9-18-14)24-11-12-5-3-2-4-6-12/h2-10H,11H2,1H3,(H,18,22)(H,20,23). The van der Waals surface area contributed by atoms with Crippen molar-refractivity contribution in [1.82, 2.24) is 14.8 Å². The molecule has 3 aromatic rings. The normalized spacial score (nSPS) is 10.4. The number of ether oxygens (including phenoxy) is 1. The maximum atomic E-state index is 12.1. The van der Waals surface area contributed by atoms with Crippen LogP contribution in [0.25, 0.3) is 0 Å². The first-order chi connectivity index (χ1) is 11.6. The zero-order valence-corrected chi connectivity index (χ0v) is 13.0. The Morgan fingerprint density at radius 2 is 2.12 bits per heavy atom. The van der Waals surface area contributed by atoms with E-state index in [1.807, 2.05) is 30.3 Å². The number of H-pyrrole nitrogens is 1. The summed E-state index contributed by atoms with van der Waals surface area (Å²) in [5, 5.41) is 6.61. The maximum absolute atomic E-state index is 12.1. The van der Waals surface area contributed by atoms with Gasteiger partial charge in [0.15, 0.2) is 5.75 Å². The summed E-state index contributed by atoms with van der Waals surface area (Å²) in [5.74, 6) is -0.258. The number of aromatic amines is 1. The number of nitrogens with zero attached hydrogens (tertiary/aromatic N) is 2.